The van der Waals surface area contributed by atoms with E-state index in [-0.39, 0.29) is 19.1 Å². The summed E-state index contributed by atoms with van der Waals surface area (Å²) in [5, 5.41) is 12.4. The van der Waals surface area contributed by atoms with Crippen molar-refractivity contribution in [1.29, 1.82) is 0 Å². The zero-order valence-electron chi connectivity index (χ0n) is 13.0. The van der Waals surface area contributed by atoms with Crippen LogP contribution in [0.3, 0.4) is 0 Å². The minimum absolute atomic E-state index is 0.0674. The van der Waals surface area contributed by atoms with Crippen LogP contribution in [-0.2, 0) is 0 Å². The van der Waals surface area contributed by atoms with Gasteiger partial charge in [-0.05, 0) is 18.3 Å². The summed E-state index contributed by atoms with van der Waals surface area (Å²) in [4.78, 5) is 13.4. The Balaban J connectivity index is 1.78. The molecule has 0 aromatic heterocycles. The molecule has 0 radical (unpaired) electrons. The van der Waals surface area contributed by atoms with Gasteiger partial charge in [0, 0.05) is 32.5 Å². The summed E-state index contributed by atoms with van der Waals surface area (Å²) >= 11 is 0. The number of nitrogens with zero attached hydrogens (tertiary/aromatic N) is 1. The first-order valence-electron chi connectivity index (χ1n) is 8.05. The van der Waals surface area contributed by atoms with E-state index >= 15 is 0 Å². The maximum Gasteiger partial charge on any atom is 0.417 e. The molecule has 128 valence electrons. The van der Waals surface area contributed by atoms with Crippen molar-refractivity contribution in [2.24, 2.45) is 11.8 Å². The molecule has 2 aliphatic rings. The summed E-state index contributed by atoms with van der Waals surface area (Å²) < 4.78 is 38.2. The number of amides is 2. The molecule has 2 amide bonds. The molecule has 22 heavy (non-hydrogen) atoms. The molecule has 0 bridgehead atoms. The minimum Gasteiger partial charge on any atom is -0.380 e. The maximum absolute atomic E-state index is 12.7. The number of hydrogen-bond donors (Lipinski definition) is 2. The fourth-order valence-corrected chi connectivity index (χ4v) is 3.39. The lowest BCUT2D eigenvalue weighted by atomic mass is 9.80. The lowest BCUT2D eigenvalue weighted by molar-refractivity contribution is -0.271. The van der Waals surface area contributed by atoms with Crippen molar-refractivity contribution < 1.29 is 23.1 Å². The average Bonchev–Trinajstić information content (AvgIpc) is 2.46. The predicted molar refractivity (Wildman–Crippen MR) is 76.3 cm³/mol. The second kappa shape index (κ2) is 6.64. The fourth-order valence-electron chi connectivity index (χ4n) is 3.39. The molecule has 1 heterocycles. The molecule has 0 spiro atoms. The molecule has 0 aromatic rings. The number of alkyl halides is 3. The van der Waals surface area contributed by atoms with Crippen LogP contribution in [0.4, 0.5) is 18.0 Å². The number of carbonyl (C=O) groups is 1. The number of hydrogen-bond acceptors (Lipinski definition) is 2. The quantitative estimate of drug-likeness (QED) is 0.821. The lowest BCUT2D eigenvalue weighted by Gasteiger charge is -2.39. The van der Waals surface area contributed by atoms with Crippen LogP contribution in [0.2, 0.25) is 0 Å². The largest absolute Gasteiger partial charge is 0.417 e. The first-order valence-corrected chi connectivity index (χ1v) is 8.05. The number of carbonyl (C=O) groups excluding carboxylic acids is 1. The molecule has 0 aromatic carbocycles. The molecule has 7 heteroatoms. The Kier molecular flexibility index (Phi) is 5.25. The second-order valence-electron chi connectivity index (χ2n) is 6.72. The molecule has 2 N–H and O–H groups in total. The highest BCUT2D eigenvalue weighted by molar-refractivity contribution is 5.74. The SMILES string of the molecule is CC1CCCCC1CNC(=O)N1CCC(O)(C(F)(F)F)CC1. The zero-order chi connectivity index (χ0) is 16.4. The summed E-state index contributed by atoms with van der Waals surface area (Å²) in [5.74, 6) is 1.03. The van der Waals surface area contributed by atoms with Gasteiger partial charge in [-0.25, -0.2) is 4.79 Å². The standard InChI is InChI=1S/C15H25F3N2O2/c1-11-4-2-3-5-12(11)10-19-13(21)20-8-6-14(22,7-9-20)15(16,17)18/h11-12,22H,2-10H2,1H3,(H,19,21). The van der Waals surface area contributed by atoms with E-state index in [1.807, 2.05) is 0 Å². The van der Waals surface area contributed by atoms with Crippen LogP contribution in [0.5, 0.6) is 0 Å². The topological polar surface area (TPSA) is 52.6 Å². The number of halogens is 3. The van der Waals surface area contributed by atoms with E-state index in [1.165, 1.54) is 24.2 Å². The number of rotatable bonds is 2. The van der Waals surface area contributed by atoms with Crippen molar-refractivity contribution in [1.82, 2.24) is 10.2 Å². The Morgan fingerprint density at radius 2 is 1.86 bits per heavy atom. The van der Waals surface area contributed by atoms with Crippen LogP contribution >= 0.6 is 0 Å². The maximum atomic E-state index is 12.7. The average molecular weight is 322 g/mol. The zero-order valence-corrected chi connectivity index (χ0v) is 13.0. The molecule has 1 aliphatic carbocycles. The normalized spacial score (nSPS) is 29.2. The highest BCUT2D eigenvalue weighted by Gasteiger charge is 2.54. The Morgan fingerprint density at radius 3 is 2.41 bits per heavy atom. The van der Waals surface area contributed by atoms with E-state index in [1.54, 1.807) is 0 Å². The summed E-state index contributed by atoms with van der Waals surface area (Å²) in [6, 6.07) is -0.318. The van der Waals surface area contributed by atoms with Crippen LogP contribution < -0.4 is 5.32 Å². The van der Waals surface area contributed by atoms with Gasteiger partial charge in [-0.15, -0.1) is 0 Å². The van der Waals surface area contributed by atoms with E-state index in [9.17, 15) is 23.1 Å². The molecule has 2 fully saturated rings. The van der Waals surface area contributed by atoms with E-state index in [4.69, 9.17) is 0 Å². The smallest absolute Gasteiger partial charge is 0.380 e. The Hall–Kier alpha value is -0.980. The Morgan fingerprint density at radius 1 is 1.27 bits per heavy atom. The minimum atomic E-state index is -4.63. The van der Waals surface area contributed by atoms with Gasteiger partial charge in [0.15, 0.2) is 5.60 Å². The van der Waals surface area contributed by atoms with Crippen LogP contribution in [0.15, 0.2) is 0 Å². The molecule has 1 saturated heterocycles. The van der Waals surface area contributed by atoms with E-state index < -0.39 is 24.6 Å². The number of nitrogens with one attached hydrogen (secondary N) is 1. The first kappa shape index (κ1) is 17.4. The number of likely N-dealkylation sites (tertiary alicyclic amines) is 1. The second-order valence-corrected chi connectivity index (χ2v) is 6.72. The van der Waals surface area contributed by atoms with E-state index in [0.717, 1.165) is 6.42 Å². The monoisotopic (exact) mass is 322 g/mol. The summed E-state index contributed by atoms with van der Waals surface area (Å²) in [6.07, 6.45) is -0.875. The van der Waals surface area contributed by atoms with Gasteiger partial charge in [-0.3, -0.25) is 0 Å². The molecule has 1 aliphatic heterocycles. The van der Waals surface area contributed by atoms with Crippen LogP contribution in [0.1, 0.15) is 45.4 Å². The van der Waals surface area contributed by atoms with Crippen molar-refractivity contribution in [3.63, 3.8) is 0 Å². The molecule has 2 rings (SSSR count). The highest BCUT2D eigenvalue weighted by atomic mass is 19.4. The molecular formula is C15H25F3N2O2. The van der Waals surface area contributed by atoms with Crippen molar-refractivity contribution in [3.05, 3.63) is 0 Å². The van der Waals surface area contributed by atoms with E-state index in [0.29, 0.717) is 18.4 Å². The van der Waals surface area contributed by atoms with E-state index in [2.05, 4.69) is 12.2 Å². The van der Waals surface area contributed by atoms with Gasteiger partial charge >= 0.3 is 12.2 Å². The van der Waals surface area contributed by atoms with Crippen molar-refractivity contribution in [3.8, 4) is 0 Å². The van der Waals surface area contributed by atoms with Crippen molar-refractivity contribution in [2.45, 2.75) is 57.2 Å². The van der Waals surface area contributed by atoms with Gasteiger partial charge in [0.1, 0.15) is 0 Å². The highest BCUT2D eigenvalue weighted by Crippen LogP contribution is 2.38. The summed E-state index contributed by atoms with van der Waals surface area (Å²) in [6.45, 7) is 2.63. The summed E-state index contributed by atoms with van der Waals surface area (Å²) in [5.41, 5.74) is -2.65. The van der Waals surface area contributed by atoms with Crippen LogP contribution in [-0.4, -0.2) is 47.4 Å². The van der Waals surface area contributed by atoms with Crippen molar-refractivity contribution >= 4 is 6.03 Å². The first-order chi connectivity index (χ1) is 10.2. The van der Waals surface area contributed by atoms with Gasteiger partial charge in [0.05, 0.1) is 0 Å². The van der Waals surface area contributed by atoms with Crippen molar-refractivity contribution in [2.75, 3.05) is 19.6 Å². The predicted octanol–water partition coefficient (Wildman–Crippen LogP) is 2.91. The van der Waals surface area contributed by atoms with Crippen LogP contribution in [0, 0.1) is 11.8 Å². The Bertz CT molecular complexity index is 393. The van der Waals surface area contributed by atoms with Crippen LogP contribution in [0.25, 0.3) is 0 Å². The molecule has 2 unspecified atom stereocenters. The molecule has 1 saturated carbocycles. The third-order valence-corrected chi connectivity index (χ3v) is 5.21. The fraction of sp³-hybridized carbons (Fsp3) is 0.933. The molecular weight excluding hydrogens is 297 g/mol. The Labute approximate surface area is 129 Å². The molecule has 4 nitrogen and oxygen atoms in total. The van der Waals surface area contributed by atoms with Gasteiger partial charge in [0.25, 0.3) is 0 Å². The number of urea groups is 1. The third-order valence-electron chi connectivity index (χ3n) is 5.21. The third kappa shape index (κ3) is 3.86. The van der Waals surface area contributed by atoms with Gasteiger partial charge in [0.2, 0.25) is 0 Å². The van der Waals surface area contributed by atoms with Gasteiger partial charge in [-0.1, -0.05) is 26.2 Å². The number of piperidine rings is 1. The number of aliphatic hydroxyl groups is 1. The van der Waals surface area contributed by atoms with Gasteiger partial charge in [-0.2, -0.15) is 13.2 Å². The lowest BCUT2D eigenvalue weighted by Crippen LogP contribution is -2.56. The summed E-state index contributed by atoms with van der Waals surface area (Å²) in [7, 11) is 0. The molecule has 2 atom stereocenters. The van der Waals surface area contributed by atoms with Gasteiger partial charge < -0.3 is 15.3 Å².